The molecule has 5 rings (SSSR count). The van der Waals surface area contributed by atoms with Crippen molar-refractivity contribution in [3.8, 4) is 11.5 Å². The SMILES string of the molecule is C[C@]1(c2ccc3c(c2)OCO3)NC(=O)N(CC(=O)Nc2ccccc2SCc2ccccc2)C1=O. The molecule has 8 nitrogen and oxygen atoms in total. The van der Waals surface area contributed by atoms with Crippen LogP contribution in [0.1, 0.15) is 18.1 Å². The first-order valence-corrected chi connectivity index (χ1v) is 12.0. The molecule has 1 atom stereocenters. The van der Waals surface area contributed by atoms with E-state index in [1.165, 1.54) is 5.56 Å². The molecule has 0 spiro atoms. The number of nitrogens with zero attached hydrogens (tertiary/aromatic N) is 1. The lowest BCUT2D eigenvalue weighted by molar-refractivity contribution is -0.133. The number of thioether (sulfide) groups is 1. The highest BCUT2D eigenvalue weighted by atomic mass is 32.2. The lowest BCUT2D eigenvalue weighted by Crippen LogP contribution is -2.42. The van der Waals surface area contributed by atoms with Crippen LogP contribution < -0.4 is 20.1 Å². The minimum Gasteiger partial charge on any atom is -0.454 e. The number of benzene rings is 3. The molecule has 0 saturated carbocycles. The molecule has 3 aromatic carbocycles. The number of nitrogens with one attached hydrogen (secondary N) is 2. The van der Waals surface area contributed by atoms with Crippen LogP contribution in [0.25, 0.3) is 0 Å². The standard InChI is InChI=1S/C26H23N3O5S/c1-26(18-11-12-20-21(13-18)34-16-33-20)24(31)29(25(32)28-26)14-23(30)27-19-9-5-6-10-22(19)35-15-17-7-3-2-4-8-17/h2-13H,14-16H2,1H3,(H,27,30)(H,28,32)/t26-/m1/s1. The number of ether oxygens (including phenoxy) is 2. The summed E-state index contributed by atoms with van der Waals surface area (Å²) in [6, 6.07) is 21.9. The normalized spacial score (nSPS) is 18.5. The Balaban J connectivity index is 1.27. The van der Waals surface area contributed by atoms with Crippen molar-refractivity contribution in [2.45, 2.75) is 23.1 Å². The summed E-state index contributed by atoms with van der Waals surface area (Å²) in [6.45, 7) is 1.31. The van der Waals surface area contributed by atoms with E-state index in [9.17, 15) is 14.4 Å². The van der Waals surface area contributed by atoms with E-state index in [0.717, 1.165) is 15.5 Å². The predicted octanol–water partition coefficient (Wildman–Crippen LogP) is 4.11. The largest absolute Gasteiger partial charge is 0.454 e. The van der Waals surface area contributed by atoms with Gasteiger partial charge in [-0.25, -0.2) is 4.79 Å². The Hall–Kier alpha value is -3.98. The van der Waals surface area contributed by atoms with E-state index in [1.807, 2.05) is 48.5 Å². The fourth-order valence-corrected chi connectivity index (χ4v) is 4.97. The molecule has 1 saturated heterocycles. The van der Waals surface area contributed by atoms with E-state index in [0.29, 0.717) is 22.7 Å². The van der Waals surface area contributed by atoms with Crippen LogP contribution in [0.5, 0.6) is 11.5 Å². The van der Waals surface area contributed by atoms with Gasteiger partial charge in [-0.2, -0.15) is 0 Å². The number of carbonyl (C=O) groups excluding carboxylic acids is 3. The summed E-state index contributed by atoms with van der Waals surface area (Å²) in [5.41, 5.74) is 1.03. The lowest BCUT2D eigenvalue weighted by atomic mass is 9.91. The monoisotopic (exact) mass is 489 g/mol. The summed E-state index contributed by atoms with van der Waals surface area (Å²) < 4.78 is 10.7. The quantitative estimate of drug-likeness (QED) is 0.383. The highest BCUT2D eigenvalue weighted by Gasteiger charge is 2.49. The third-order valence-electron chi connectivity index (χ3n) is 5.92. The van der Waals surface area contributed by atoms with Gasteiger partial charge in [0.05, 0.1) is 5.69 Å². The molecule has 2 heterocycles. The van der Waals surface area contributed by atoms with Gasteiger partial charge in [-0.1, -0.05) is 48.5 Å². The zero-order chi connectivity index (χ0) is 24.4. The second-order valence-electron chi connectivity index (χ2n) is 8.33. The van der Waals surface area contributed by atoms with Crippen LogP contribution >= 0.6 is 11.8 Å². The fraction of sp³-hybridized carbons (Fsp3) is 0.192. The molecule has 0 aliphatic carbocycles. The maximum Gasteiger partial charge on any atom is 0.325 e. The molecule has 178 valence electrons. The number of carbonyl (C=O) groups is 3. The summed E-state index contributed by atoms with van der Waals surface area (Å²) >= 11 is 1.60. The van der Waals surface area contributed by atoms with Crippen molar-refractivity contribution in [1.29, 1.82) is 0 Å². The molecule has 9 heteroatoms. The van der Waals surface area contributed by atoms with Gasteiger partial charge in [0.2, 0.25) is 12.7 Å². The molecule has 0 unspecified atom stereocenters. The lowest BCUT2D eigenvalue weighted by Gasteiger charge is -2.22. The van der Waals surface area contributed by atoms with E-state index in [4.69, 9.17) is 9.47 Å². The Kier molecular flexibility index (Phi) is 6.08. The molecule has 1 fully saturated rings. The van der Waals surface area contributed by atoms with E-state index < -0.39 is 29.9 Å². The van der Waals surface area contributed by atoms with Crippen LogP contribution in [0, 0.1) is 0 Å². The zero-order valence-corrected chi connectivity index (χ0v) is 19.8. The number of fused-ring (bicyclic) bond motifs is 1. The van der Waals surface area contributed by atoms with Gasteiger partial charge in [0.25, 0.3) is 5.91 Å². The number of urea groups is 1. The van der Waals surface area contributed by atoms with Gasteiger partial charge >= 0.3 is 6.03 Å². The van der Waals surface area contributed by atoms with Crippen LogP contribution in [0.4, 0.5) is 10.5 Å². The first-order chi connectivity index (χ1) is 16.9. The van der Waals surface area contributed by atoms with Crippen molar-refractivity contribution in [2.24, 2.45) is 0 Å². The Morgan fingerprint density at radius 1 is 1.03 bits per heavy atom. The van der Waals surface area contributed by atoms with Crippen molar-refractivity contribution in [2.75, 3.05) is 18.7 Å². The third-order valence-corrected chi connectivity index (χ3v) is 7.07. The van der Waals surface area contributed by atoms with Gasteiger partial charge in [-0.05, 0) is 42.3 Å². The van der Waals surface area contributed by atoms with Gasteiger partial charge in [-0.3, -0.25) is 14.5 Å². The van der Waals surface area contributed by atoms with Gasteiger partial charge in [0.15, 0.2) is 11.5 Å². The minimum absolute atomic E-state index is 0.104. The number of hydrogen-bond acceptors (Lipinski definition) is 6. The predicted molar refractivity (Wildman–Crippen MR) is 131 cm³/mol. The van der Waals surface area contributed by atoms with Crippen molar-refractivity contribution in [1.82, 2.24) is 10.2 Å². The summed E-state index contributed by atoms with van der Waals surface area (Å²) in [5.74, 6) is 0.856. The number of rotatable bonds is 7. The molecule has 2 N–H and O–H groups in total. The van der Waals surface area contributed by atoms with Gasteiger partial charge in [0, 0.05) is 10.6 Å². The molecule has 0 radical (unpaired) electrons. The molecular weight excluding hydrogens is 466 g/mol. The number of imide groups is 1. The second-order valence-corrected chi connectivity index (χ2v) is 9.35. The number of para-hydroxylation sites is 1. The summed E-state index contributed by atoms with van der Waals surface area (Å²) in [7, 11) is 0. The average Bonchev–Trinajstić information content (AvgIpc) is 3.42. The topological polar surface area (TPSA) is 97.0 Å². The molecular formula is C26H23N3O5S. The van der Waals surface area contributed by atoms with Crippen LogP contribution in [-0.2, 0) is 20.9 Å². The minimum atomic E-state index is -1.32. The summed E-state index contributed by atoms with van der Waals surface area (Å²) in [4.78, 5) is 40.6. The molecule has 2 aliphatic rings. The Bertz CT molecular complexity index is 1300. The van der Waals surface area contributed by atoms with E-state index >= 15 is 0 Å². The molecule has 2 aliphatic heterocycles. The molecule has 3 aromatic rings. The van der Waals surface area contributed by atoms with Crippen molar-refractivity contribution < 1.29 is 23.9 Å². The Labute approximate surface area is 206 Å². The first kappa shape index (κ1) is 22.8. The Morgan fingerprint density at radius 2 is 1.77 bits per heavy atom. The highest BCUT2D eigenvalue weighted by Crippen LogP contribution is 2.38. The second kappa shape index (κ2) is 9.34. The summed E-state index contributed by atoms with van der Waals surface area (Å²) in [6.07, 6.45) is 0. The average molecular weight is 490 g/mol. The van der Waals surface area contributed by atoms with Gasteiger partial charge in [0.1, 0.15) is 12.1 Å². The van der Waals surface area contributed by atoms with Gasteiger partial charge < -0.3 is 20.1 Å². The van der Waals surface area contributed by atoms with Crippen molar-refractivity contribution >= 4 is 35.3 Å². The van der Waals surface area contributed by atoms with Crippen LogP contribution in [0.2, 0.25) is 0 Å². The maximum absolute atomic E-state index is 13.2. The summed E-state index contributed by atoms with van der Waals surface area (Å²) in [5, 5.41) is 5.56. The fourth-order valence-electron chi connectivity index (χ4n) is 4.01. The van der Waals surface area contributed by atoms with Crippen molar-refractivity contribution in [3.63, 3.8) is 0 Å². The third kappa shape index (κ3) is 4.54. The van der Waals surface area contributed by atoms with Gasteiger partial charge in [-0.15, -0.1) is 11.8 Å². The molecule has 0 bridgehead atoms. The Morgan fingerprint density at radius 3 is 2.60 bits per heavy atom. The molecule has 4 amide bonds. The number of anilines is 1. The maximum atomic E-state index is 13.2. The van der Waals surface area contributed by atoms with E-state index in [2.05, 4.69) is 10.6 Å². The molecule has 0 aromatic heterocycles. The number of amides is 4. The molecule has 35 heavy (non-hydrogen) atoms. The first-order valence-electron chi connectivity index (χ1n) is 11.0. The smallest absolute Gasteiger partial charge is 0.325 e. The highest BCUT2D eigenvalue weighted by molar-refractivity contribution is 7.98. The van der Waals surface area contributed by atoms with E-state index in [-0.39, 0.29) is 6.79 Å². The van der Waals surface area contributed by atoms with Crippen LogP contribution in [0.15, 0.2) is 77.7 Å². The van der Waals surface area contributed by atoms with Crippen LogP contribution in [0.3, 0.4) is 0 Å². The zero-order valence-electron chi connectivity index (χ0n) is 18.9. The number of hydrogen-bond donors (Lipinski definition) is 2. The van der Waals surface area contributed by atoms with Crippen molar-refractivity contribution in [3.05, 3.63) is 83.9 Å². The van der Waals surface area contributed by atoms with E-state index in [1.54, 1.807) is 43.0 Å². The van der Waals surface area contributed by atoms with Crippen LogP contribution in [-0.4, -0.2) is 36.1 Å².